The number of aliphatic carboxylic acids is 1. The highest BCUT2D eigenvalue weighted by atomic mass is 16.5. The SMILES string of the molecule is CC1=NC(C)C(CCC#N)(C(=O)O)C(C#Cc2ccccc2)C1C(=O)OCC=Cc1ccccc1. The molecule has 178 valence electrons. The third-order valence-electron chi connectivity index (χ3n) is 6.36. The molecule has 1 aliphatic rings. The summed E-state index contributed by atoms with van der Waals surface area (Å²) in [7, 11) is 0. The molecule has 1 aliphatic heterocycles. The van der Waals surface area contributed by atoms with Gasteiger partial charge in [-0.2, -0.15) is 5.26 Å². The van der Waals surface area contributed by atoms with Gasteiger partial charge < -0.3 is 9.84 Å². The lowest BCUT2D eigenvalue weighted by Crippen LogP contribution is -2.55. The molecule has 0 radical (unpaired) electrons. The van der Waals surface area contributed by atoms with Crippen LogP contribution in [0.15, 0.2) is 71.7 Å². The van der Waals surface area contributed by atoms with Gasteiger partial charge in [0.15, 0.2) is 0 Å². The predicted molar refractivity (Wildman–Crippen MR) is 134 cm³/mol. The molecule has 3 rings (SSSR count). The minimum atomic E-state index is -1.50. The molecule has 0 aliphatic carbocycles. The lowest BCUT2D eigenvalue weighted by molar-refractivity contribution is -0.158. The van der Waals surface area contributed by atoms with E-state index in [0.29, 0.717) is 11.3 Å². The van der Waals surface area contributed by atoms with Gasteiger partial charge in [-0.15, -0.1) is 0 Å². The van der Waals surface area contributed by atoms with E-state index in [1.54, 1.807) is 19.9 Å². The van der Waals surface area contributed by atoms with Crippen LogP contribution in [0.1, 0.15) is 37.8 Å². The van der Waals surface area contributed by atoms with Crippen LogP contribution >= 0.6 is 0 Å². The first-order chi connectivity index (χ1) is 16.9. The smallest absolute Gasteiger partial charge is 0.316 e. The molecule has 4 atom stereocenters. The van der Waals surface area contributed by atoms with Gasteiger partial charge in [0.25, 0.3) is 0 Å². The molecule has 0 bridgehead atoms. The minimum Gasteiger partial charge on any atom is -0.481 e. The van der Waals surface area contributed by atoms with Crippen LogP contribution < -0.4 is 0 Å². The molecule has 2 aromatic carbocycles. The number of hydrogen-bond acceptors (Lipinski definition) is 5. The summed E-state index contributed by atoms with van der Waals surface area (Å²) in [5.74, 6) is 2.56. The molecule has 0 saturated carbocycles. The van der Waals surface area contributed by atoms with E-state index in [4.69, 9.17) is 4.74 Å². The summed E-state index contributed by atoms with van der Waals surface area (Å²) in [6.45, 7) is 3.44. The van der Waals surface area contributed by atoms with Crippen LogP contribution in [-0.4, -0.2) is 35.4 Å². The Balaban J connectivity index is 1.96. The number of carboxylic acid groups (broad SMARTS) is 1. The quantitative estimate of drug-likeness (QED) is 0.466. The van der Waals surface area contributed by atoms with Gasteiger partial charge in [-0.1, -0.05) is 66.4 Å². The zero-order valence-corrected chi connectivity index (χ0v) is 19.8. The summed E-state index contributed by atoms with van der Waals surface area (Å²) in [5, 5.41) is 19.6. The first-order valence-electron chi connectivity index (χ1n) is 11.5. The van der Waals surface area contributed by atoms with Crippen molar-refractivity contribution in [3.05, 3.63) is 77.9 Å². The Kier molecular flexibility index (Phi) is 8.59. The number of rotatable bonds is 7. The van der Waals surface area contributed by atoms with E-state index in [1.807, 2.05) is 72.8 Å². The molecule has 1 heterocycles. The average Bonchev–Trinajstić information content (AvgIpc) is 2.86. The average molecular weight is 469 g/mol. The summed E-state index contributed by atoms with van der Waals surface area (Å²) in [5.41, 5.74) is 0.662. The van der Waals surface area contributed by atoms with Gasteiger partial charge in [-0.25, -0.2) is 0 Å². The highest BCUT2D eigenvalue weighted by Crippen LogP contribution is 2.46. The molecule has 2 aromatic rings. The van der Waals surface area contributed by atoms with Gasteiger partial charge in [-0.3, -0.25) is 14.6 Å². The molecule has 0 saturated heterocycles. The normalized spacial score (nSPS) is 23.5. The molecule has 1 N–H and O–H groups in total. The number of benzene rings is 2. The van der Waals surface area contributed by atoms with Crippen molar-refractivity contribution in [1.29, 1.82) is 5.26 Å². The molecule has 35 heavy (non-hydrogen) atoms. The monoisotopic (exact) mass is 468 g/mol. The predicted octanol–water partition coefficient (Wildman–Crippen LogP) is 4.76. The number of nitrogens with zero attached hydrogens (tertiary/aromatic N) is 2. The molecule has 6 heteroatoms. The van der Waals surface area contributed by atoms with Crippen molar-refractivity contribution < 1.29 is 19.4 Å². The Labute approximate surface area is 206 Å². The van der Waals surface area contributed by atoms with E-state index in [2.05, 4.69) is 16.8 Å². The van der Waals surface area contributed by atoms with Crippen LogP contribution in [0.2, 0.25) is 0 Å². The molecule has 0 fully saturated rings. The van der Waals surface area contributed by atoms with Crippen LogP contribution in [0.3, 0.4) is 0 Å². The number of carbonyl (C=O) groups excluding carboxylic acids is 1. The maximum atomic E-state index is 13.3. The van der Waals surface area contributed by atoms with E-state index >= 15 is 0 Å². The van der Waals surface area contributed by atoms with Crippen molar-refractivity contribution in [3.8, 4) is 17.9 Å². The van der Waals surface area contributed by atoms with Crippen LogP contribution in [0.5, 0.6) is 0 Å². The second kappa shape index (κ2) is 11.8. The lowest BCUT2D eigenvalue weighted by Gasteiger charge is -2.44. The van der Waals surface area contributed by atoms with E-state index in [-0.39, 0.29) is 19.4 Å². The van der Waals surface area contributed by atoms with Crippen LogP contribution in [-0.2, 0) is 14.3 Å². The minimum absolute atomic E-state index is 0.0102. The summed E-state index contributed by atoms with van der Waals surface area (Å²) >= 11 is 0. The molecule has 0 amide bonds. The van der Waals surface area contributed by atoms with Gasteiger partial charge in [0.05, 0.1) is 18.0 Å². The van der Waals surface area contributed by atoms with Gasteiger partial charge in [0.1, 0.15) is 17.9 Å². The standard InChI is InChI=1S/C29H28N2O4/c1-21-26(27(32)35-20-9-15-23-11-5-3-6-12-23)25(17-16-24-13-7-4-8-14-24)29(28(33)34,18-10-19-30)22(2)31-21/h3-9,11-15,22,25-26H,10,18,20H2,1-2H3,(H,33,34). The first kappa shape index (κ1) is 25.5. The van der Waals surface area contributed by atoms with Crippen LogP contribution in [0.4, 0.5) is 0 Å². The van der Waals surface area contributed by atoms with Crippen molar-refractivity contribution in [2.45, 2.75) is 32.7 Å². The van der Waals surface area contributed by atoms with E-state index < -0.39 is 35.2 Å². The fourth-order valence-corrected chi connectivity index (χ4v) is 4.51. The van der Waals surface area contributed by atoms with E-state index in [1.165, 1.54) is 0 Å². The number of ether oxygens (including phenoxy) is 1. The largest absolute Gasteiger partial charge is 0.481 e. The van der Waals surface area contributed by atoms with Gasteiger partial charge in [0, 0.05) is 17.7 Å². The highest BCUT2D eigenvalue weighted by Gasteiger charge is 2.57. The van der Waals surface area contributed by atoms with Gasteiger partial charge in [0.2, 0.25) is 0 Å². The summed E-state index contributed by atoms with van der Waals surface area (Å²) in [6.07, 6.45) is 3.62. The summed E-state index contributed by atoms with van der Waals surface area (Å²) in [6, 6.07) is 20.2. The number of esters is 1. The number of hydrogen-bond donors (Lipinski definition) is 1. The number of aliphatic imine (C=N–C) groups is 1. The van der Waals surface area contributed by atoms with E-state index in [9.17, 15) is 20.0 Å². The molecular formula is C29H28N2O4. The molecule has 4 unspecified atom stereocenters. The third-order valence-corrected chi connectivity index (χ3v) is 6.36. The summed E-state index contributed by atoms with van der Waals surface area (Å²) < 4.78 is 5.54. The molecule has 0 aromatic heterocycles. The van der Waals surface area contributed by atoms with Crippen molar-refractivity contribution >= 4 is 23.7 Å². The fourth-order valence-electron chi connectivity index (χ4n) is 4.51. The van der Waals surface area contributed by atoms with Crippen molar-refractivity contribution in [2.75, 3.05) is 6.61 Å². The second-order valence-corrected chi connectivity index (χ2v) is 8.48. The molecule has 6 nitrogen and oxygen atoms in total. The Morgan fingerprint density at radius 1 is 1.14 bits per heavy atom. The third kappa shape index (κ3) is 5.86. The number of carbonyl (C=O) groups is 2. The van der Waals surface area contributed by atoms with Crippen LogP contribution in [0, 0.1) is 40.4 Å². The van der Waals surface area contributed by atoms with Crippen molar-refractivity contribution in [3.63, 3.8) is 0 Å². The Hall–Kier alpha value is -4.16. The zero-order chi connectivity index (χ0) is 25.3. The topological polar surface area (TPSA) is 99.8 Å². The highest BCUT2D eigenvalue weighted by molar-refractivity contribution is 6.03. The second-order valence-electron chi connectivity index (χ2n) is 8.48. The number of nitriles is 1. The van der Waals surface area contributed by atoms with Gasteiger partial charge in [-0.05, 0) is 44.0 Å². The van der Waals surface area contributed by atoms with Gasteiger partial charge >= 0.3 is 11.9 Å². The zero-order valence-electron chi connectivity index (χ0n) is 19.8. The van der Waals surface area contributed by atoms with Crippen molar-refractivity contribution in [2.24, 2.45) is 22.2 Å². The maximum Gasteiger partial charge on any atom is 0.316 e. The first-order valence-corrected chi connectivity index (χ1v) is 11.5. The van der Waals surface area contributed by atoms with Crippen molar-refractivity contribution in [1.82, 2.24) is 0 Å². The van der Waals surface area contributed by atoms with E-state index in [0.717, 1.165) is 5.56 Å². The lowest BCUT2D eigenvalue weighted by atomic mass is 9.60. The number of carboxylic acids is 1. The molecule has 0 spiro atoms. The molecular weight excluding hydrogens is 440 g/mol. The van der Waals surface area contributed by atoms with Crippen LogP contribution in [0.25, 0.3) is 6.08 Å². The fraction of sp³-hybridized carbons (Fsp3) is 0.310. The summed E-state index contributed by atoms with van der Waals surface area (Å²) in [4.78, 5) is 30.5. The Morgan fingerprint density at radius 3 is 2.43 bits per heavy atom. The Morgan fingerprint density at radius 2 is 1.80 bits per heavy atom. The maximum absolute atomic E-state index is 13.3. The Bertz CT molecular complexity index is 1200.